The van der Waals surface area contributed by atoms with Gasteiger partial charge in [-0.25, -0.2) is 9.79 Å². The normalized spacial score (nSPS) is 22.9. The fourth-order valence-corrected chi connectivity index (χ4v) is 5.38. The summed E-state index contributed by atoms with van der Waals surface area (Å²) in [5.74, 6) is 0.0415. The summed E-state index contributed by atoms with van der Waals surface area (Å²) in [5.41, 5.74) is 1.57. The van der Waals surface area contributed by atoms with Gasteiger partial charge < -0.3 is 14.6 Å². The van der Waals surface area contributed by atoms with E-state index in [9.17, 15) is 9.59 Å². The van der Waals surface area contributed by atoms with E-state index in [1.54, 1.807) is 18.2 Å². The van der Waals surface area contributed by atoms with Crippen molar-refractivity contribution in [2.45, 2.75) is 38.6 Å². The Labute approximate surface area is 203 Å². The van der Waals surface area contributed by atoms with Gasteiger partial charge in [0, 0.05) is 6.04 Å². The fraction of sp³-hybridized carbons (Fsp3) is 0.346. The third-order valence-electron chi connectivity index (χ3n) is 6.05. The van der Waals surface area contributed by atoms with Gasteiger partial charge >= 0.3 is 5.97 Å². The lowest BCUT2D eigenvalue weighted by molar-refractivity contribution is -0.139. The monoisotopic (exact) mass is 480 g/mol. The molecule has 2 aliphatic rings. The molecule has 0 unspecified atom stereocenters. The van der Waals surface area contributed by atoms with Gasteiger partial charge in [0.05, 0.1) is 17.7 Å². The van der Waals surface area contributed by atoms with Crippen molar-refractivity contribution in [3.63, 3.8) is 0 Å². The third-order valence-corrected chi connectivity index (χ3v) is 7.04. The van der Waals surface area contributed by atoms with E-state index in [0.717, 1.165) is 30.5 Å². The number of aliphatic carboxylic acids is 1. The molecule has 4 rings (SSSR count). The zero-order valence-electron chi connectivity index (χ0n) is 19.3. The van der Waals surface area contributed by atoms with E-state index < -0.39 is 12.6 Å². The molecule has 0 spiro atoms. The maximum atomic E-state index is 13.6. The molecule has 0 bridgehead atoms. The Balaban J connectivity index is 1.66. The van der Waals surface area contributed by atoms with Crippen LogP contribution in [0.1, 0.15) is 38.2 Å². The fourth-order valence-electron chi connectivity index (χ4n) is 4.33. The molecule has 8 heteroatoms. The number of para-hydroxylation sites is 1. The molecular weight excluding hydrogens is 452 g/mol. The van der Waals surface area contributed by atoms with Crippen LogP contribution in [-0.2, 0) is 9.59 Å². The van der Waals surface area contributed by atoms with Crippen LogP contribution in [0.25, 0.3) is 6.08 Å². The highest BCUT2D eigenvalue weighted by molar-refractivity contribution is 8.18. The number of amides is 1. The molecule has 2 atom stereocenters. The maximum Gasteiger partial charge on any atom is 0.341 e. The van der Waals surface area contributed by atoms with E-state index >= 15 is 0 Å². The van der Waals surface area contributed by atoms with Gasteiger partial charge in [0.25, 0.3) is 5.91 Å². The predicted octanol–water partition coefficient (Wildman–Crippen LogP) is 5.34. The van der Waals surface area contributed by atoms with Gasteiger partial charge in [-0.05, 0) is 66.4 Å². The molecule has 2 aromatic rings. The van der Waals surface area contributed by atoms with E-state index in [0.29, 0.717) is 27.5 Å². The van der Waals surface area contributed by atoms with Crippen LogP contribution in [0, 0.1) is 5.92 Å². The number of ether oxygens (including phenoxy) is 2. The second-order valence-electron chi connectivity index (χ2n) is 8.44. The van der Waals surface area contributed by atoms with Crippen LogP contribution in [0.3, 0.4) is 0 Å². The van der Waals surface area contributed by atoms with Gasteiger partial charge in [0.1, 0.15) is 0 Å². The molecule has 1 heterocycles. The van der Waals surface area contributed by atoms with Crippen LogP contribution >= 0.6 is 11.8 Å². The average molecular weight is 481 g/mol. The minimum atomic E-state index is -1.07. The first-order valence-electron chi connectivity index (χ1n) is 11.4. The quantitative estimate of drug-likeness (QED) is 0.538. The van der Waals surface area contributed by atoms with Crippen molar-refractivity contribution in [1.82, 2.24) is 4.90 Å². The van der Waals surface area contributed by atoms with Crippen LogP contribution in [0.5, 0.6) is 11.5 Å². The molecule has 7 nitrogen and oxygen atoms in total. The lowest BCUT2D eigenvalue weighted by Crippen LogP contribution is -2.44. The van der Waals surface area contributed by atoms with E-state index in [1.165, 1.54) is 25.3 Å². The number of methoxy groups -OCH3 is 1. The first kappa shape index (κ1) is 23.9. The summed E-state index contributed by atoms with van der Waals surface area (Å²) in [5, 5.41) is 9.57. The minimum Gasteiger partial charge on any atom is -0.493 e. The van der Waals surface area contributed by atoms with Crippen LogP contribution in [0.4, 0.5) is 5.69 Å². The van der Waals surface area contributed by atoms with Gasteiger partial charge in [-0.1, -0.05) is 44.0 Å². The van der Waals surface area contributed by atoms with Crippen molar-refractivity contribution in [3.05, 3.63) is 59.0 Å². The van der Waals surface area contributed by atoms with Crippen molar-refractivity contribution in [2.75, 3.05) is 13.7 Å². The number of benzene rings is 2. The van der Waals surface area contributed by atoms with Crippen molar-refractivity contribution in [1.29, 1.82) is 0 Å². The summed E-state index contributed by atoms with van der Waals surface area (Å²) in [4.78, 5) is 31.7. The van der Waals surface area contributed by atoms with Gasteiger partial charge in [-0.15, -0.1) is 0 Å². The maximum absolute atomic E-state index is 13.6. The van der Waals surface area contributed by atoms with Crippen LogP contribution in [0.2, 0.25) is 0 Å². The van der Waals surface area contributed by atoms with E-state index in [4.69, 9.17) is 19.6 Å². The number of carbonyl (C=O) groups is 2. The Bertz CT molecular complexity index is 1120. The number of carbonyl (C=O) groups excluding carboxylic acids is 1. The Morgan fingerprint density at radius 1 is 1.18 bits per heavy atom. The largest absolute Gasteiger partial charge is 0.493 e. The number of aliphatic imine (C=N–C) groups is 1. The van der Waals surface area contributed by atoms with E-state index in [2.05, 4.69) is 6.92 Å². The molecular formula is C26H28N2O5S. The van der Waals surface area contributed by atoms with Crippen LogP contribution in [-0.4, -0.2) is 46.8 Å². The molecule has 1 amide bonds. The van der Waals surface area contributed by atoms with E-state index in [1.807, 2.05) is 41.3 Å². The molecule has 2 aromatic carbocycles. The molecule has 1 saturated carbocycles. The highest BCUT2D eigenvalue weighted by Gasteiger charge is 2.41. The number of carboxylic acid groups (broad SMARTS) is 1. The summed E-state index contributed by atoms with van der Waals surface area (Å²) in [6, 6.07) is 15.0. The topological polar surface area (TPSA) is 88.4 Å². The van der Waals surface area contributed by atoms with Crippen LogP contribution in [0.15, 0.2) is 58.4 Å². The first-order valence-corrected chi connectivity index (χ1v) is 12.2. The summed E-state index contributed by atoms with van der Waals surface area (Å²) < 4.78 is 10.6. The van der Waals surface area contributed by atoms with Gasteiger partial charge in [-0.3, -0.25) is 9.69 Å². The first-order chi connectivity index (χ1) is 16.5. The van der Waals surface area contributed by atoms with Gasteiger partial charge in [-0.2, -0.15) is 0 Å². The van der Waals surface area contributed by atoms with Crippen molar-refractivity contribution >= 4 is 40.6 Å². The highest BCUT2D eigenvalue weighted by Crippen LogP contribution is 2.40. The van der Waals surface area contributed by atoms with Gasteiger partial charge in [0.2, 0.25) is 0 Å². The molecule has 34 heavy (non-hydrogen) atoms. The molecule has 0 radical (unpaired) electrons. The predicted molar refractivity (Wildman–Crippen MR) is 133 cm³/mol. The molecule has 0 aromatic heterocycles. The van der Waals surface area contributed by atoms with Crippen molar-refractivity contribution in [3.8, 4) is 11.5 Å². The smallest absolute Gasteiger partial charge is 0.341 e. The zero-order valence-corrected chi connectivity index (χ0v) is 20.1. The van der Waals surface area contributed by atoms with E-state index in [-0.39, 0.29) is 11.9 Å². The second kappa shape index (κ2) is 10.8. The van der Waals surface area contributed by atoms with Crippen molar-refractivity contribution < 1.29 is 24.2 Å². The molecule has 2 fully saturated rings. The summed E-state index contributed by atoms with van der Waals surface area (Å²) in [6.07, 6.45) is 6.20. The Morgan fingerprint density at radius 2 is 1.94 bits per heavy atom. The second-order valence-corrected chi connectivity index (χ2v) is 9.45. The Hall–Kier alpha value is -3.26. The molecule has 1 aliphatic heterocycles. The Kier molecular flexibility index (Phi) is 7.57. The van der Waals surface area contributed by atoms with Crippen molar-refractivity contribution in [2.24, 2.45) is 10.9 Å². The average Bonchev–Trinajstić information content (AvgIpc) is 3.13. The number of nitrogens with zero attached hydrogens (tertiary/aromatic N) is 2. The number of amidine groups is 1. The number of hydrogen-bond acceptors (Lipinski definition) is 6. The lowest BCUT2D eigenvalue weighted by atomic mass is 9.85. The molecule has 1 N–H and O–H groups in total. The molecule has 1 aliphatic carbocycles. The minimum absolute atomic E-state index is 0.0383. The number of rotatable bonds is 7. The summed E-state index contributed by atoms with van der Waals surface area (Å²) >= 11 is 1.38. The Morgan fingerprint density at radius 3 is 2.65 bits per heavy atom. The molecule has 1 saturated heterocycles. The highest BCUT2D eigenvalue weighted by atomic mass is 32.2. The SMILES string of the molecule is COc1cc(/C=C2/SC(=Nc3ccccc3)N([C@@H]3CCCC[C@H]3C)C2=O)ccc1OCC(=O)O. The standard InChI is InChI=1S/C26H28N2O5S/c1-17-8-6-7-11-20(17)28-25(31)23(34-26(28)27-19-9-4-3-5-10-19)15-18-12-13-21(22(14-18)32-2)33-16-24(29)30/h3-5,9-10,12-15,17,20H,6-8,11,16H2,1-2H3,(H,29,30)/b23-15+,27-26?/t17-,20-/m1/s1. The number of thioether (sulfide) groups is 1. The van der Waals surface area contributed by atoms with Gasteiger partial charge in [0.15, 0.2) is 23.3 Å². The van der Waals surface area contributed by atoms with Crippen LogP contribution < -0.4 is 9.47 Å². The number of hydrogen-bond donors (Lipinski definition) is 1. The third kappa shape index (κ3) is 5.44. The molecule has 178 valence electrons. The number of carboxylic acids is 1. The summed E-state index contributed by atoms with van der Waals surface area (Å²) in [7, 11) is 1.49. The zero-order chi connectivity index (χ0) is 24.1. The summed E-state index contributed by atoms with van der Waals surface area (Å²) in [6.45, 7) is 1.75. The lowest BCUT2D eigenvalue weighted by Gasteiger charge is -2.35.